The summed E-state index contributed by atoms with van der Waals surface area (Å²) in [6, 6.07) is 9.64. The van der Waals surface area contributed by atoms with Gasteiger partial charge in [-0.1, -0.05) is 42.1 Å². The lowest BCUT2D eigenvalue weighted by Gasteiger charge is -2.36. The molecule has 1 aliphatic rings. The molecule has 1 aromatic rings. The van der Waals surface area contributed by atoms with Gasteiger partial charge in [-0.15, -0.1) is 6.58 Å². The molecule has 0 saturated carbocycles. The Labute approximate surface area is 165 Å². The number of carbonyl (C=O) groups excluding carboxylic acids is 2. The minimum Gasteiger partial charge on any atom is -0.467 e. The van der Waals surface area contributed by atoms with Crippen molar-refractivity contribution in [1.82, 2.24) is 4.90 Å². The zero-order chi connectivity index (χ0) is 20.1. The van der Waals surface area contributed by atoms with Crippen LogP contribution in [0.4, 0.5) is 4.79 Å². The van der Waals surface area contributed by atoms with E-state index in [-0.39, 0.29) is 6.04 Å². The molecule has 1 fully saturated rings. The zero-order valence-electron chi connectivity index (χ0n) is 16.3. The van der Waals surface area contributed by atoms with Crippen molar-refractivity contribution in [1.29, 1.82) is 0 Å². The number of rotatable bonds is 5. The van der Waals surface area contributed by atoms with E-state index in [0.717, 1.165) is 4.90 Å². The number of hydrogen-bond donors (Lipinski definition) is 0. The van der Waals surface area contributed by atoms with E-state index >= 15 is 0 Å². The first-order chi connectivity index (χ1) is 12.7. The van der Waals surface area contributed by atoms with Gasteiger partial charge >= 0.3 is 12.1 Å². The third-order valence-electron chi connectivity index (χ3n) is 4.30. The summed E-state index contributed by atoms with van der Waals surface area (Å²) in [5.74, 6) is -0.505. The van der Waals surface area contributed by atoms with Gasteiger partial charge in [0, 0.05) is 4.90 Å². The second-order valence-electron chi connectivity index (χ2n) is 7.34. The molecule has 2 rings (SSSR count). The number of thioether (sulfide) groups is 1. The van der Waals surface area contributed by atoms with E-state index < -0.39 is 23.2 Å². The predicted octanol–water partition coefficient (Wildman–Crippen LogP) is 4.79. The second kappa shape index (κ2) is 8.65. The van der Waals surface area contributed by atoms with Gasteiger partial charge in [0.15, 0.2) is 5.54 Å². The highest BCUT2D eigenvalue weighted by Crippen LogP contribution is 2.38. The molecule has 146 valence electrons. The van der Waals surface area contributed by atoms with E-state index in [9.17, 15) is 9.59 Å². The molecule has 2 atom stereocenters. The van der Waals surface area contributed by atoms with E-state index in [1.165, 1.54) is 18.1 Å². The van der Waals surface area contributed by atoms with Gasteiger partial charge in [-0.25, -0.2) is 9.59 Å². The van der Waals surface area contributed by atoms with Gasteiger partial charge in [0.25, 0.3) is 0 Å². The summed E-state index contributed by atoms with van der Waals surface area (Å²) in [5.41, 5.74) is -1.89. The first-order valence-electron chi connectivity index (χ1n) is 8.86. The molecule has 0 unspecified atom stereocenters. The Morgan fingerprint density at radius 2 is 1.96 bits per heavy atom. The fourth-order valence-electron chi connectivity index (χ4n) is 3.07. The Kier molecular flexibility index (Phi) is 6.76. The van der Waals surface area contributed by atoms with Crippen molar-refractivity contribution in [2.75, 3.05) is 7.11 Å². The van der Waals surface area contributed by atoms with E-state index in [1.807, 2.05) is 41.8 Å². The quantitative estimate of drug-likeness (QED) is 0.412. The molecule has 0 bridgehead atoms. The van der Waals surface area contributed by atoms with Crippen molar-refractivity contribution in [2.45, 2.75) is 55.7 Å². The normalized spacial score (nSPS) is 22.7. The number of carbonyl (C=O) groups is 2. The second-order valence-corrected chi connectivity index (χ2v) is 8.32. The predicted molar refractivity (Wildman–Crippen MR) is 107 cm³/mol. The first kappa shape index (κ1) is 21.1. The molecular formula is C21H27NO4S. The number of ether oxygens (including phenoxy) is 2. The molecule has 1 amide bonds. The van der Waals surface area contributed by atoms with Crippen LogP contribution in [0.25, 0.3) is 0 Å². The molecule has 0 aliphatic carbocycles. The summed E-state index contributed by atoms with van der Waals surface area (Å²) in [5, 5.41) is 1.94. The van der Waals surface area contributed by atoms with Crippen molar-refractivity contribution < 1.29 is 19.1 Å². The fourth-order valence-corrected chi connectivity index (χ4v) is 3.80. The van der Waals surface area contributed by atoms with E-state index in [1.54, 1.807) is 32.5 Å². The lowest BCUT2D eigenvalue weighted by molar-refractivity contribution is -0.150. The Hall–Kier alpha value is -2.21. The van der Waals surface area contributed by atoms with E-state index in [4.69, 9.17) is 9.47 Å². The van der Waals surface area contributed by atoms with Crippen molar-refractivity contribution >= 4 is 23.8 Å². The maximum Gasteiger partial charge on any atom is 0.412 e. The molecule has 6 heteroatoms. The Morgan fingerprint density at radius 1 is 1.30 bits per heavy atom. The van der Waals surface area contributed by atoms with Crippen LogP contribution < -0.4 is 0 Å². The van der Waals surface area contributed by atoms with E-state index in [0.29, 0.717) is 12.8 Å². The standard InChI is InChI=1S/C21H27NO4S/c1-6-21(18(23)25-5)14-12-16(22(21)19(24)26-20(2,3)4)13-15-27-17-10-8-7-9-11-17/h6-11,13,15-16H,1,12,14H2,2-5H3/b15-13+/t16-,21-/m1/s1. The molecule has 0 spiro atoms. The van der Waals surface area contributed by atoms with Crippen LogP contribution in [0.2, 0.25) is 0 Å². The Bertz CT molecular complexity index is 711. The van der Waals surface area contributed by atoms with Crippen molar-refractivity contribution in [3.63, 3.8) is 0 Å². The molecule has 0 N–H and O–H groups in total. The number of amides is 1. The van der Waals surface area contributed by atoms with Crippen LogP contribution in [-0.4, -0.2) is 41.3 Å². The topological polar surface area (TPSA) is 55.8 Å². The van der Waals surface area contributed by atoms with Crippen LogP contribution in [-0.2, 0) is 14.3 Å². The summed E-state index contributed by atoms with van der Waals surface area (Å²) >= 11 is 1.55. The van der Waals surface area contributed by atoms with Crippen molar-refractivity contribution in [2.24, 2.45) is 0 Å². The minimum atomic E-state index is -1.22. The third kappa shape index (κ3) is 4.95. The van der Waals surface area contributed by atoms with Gasteiger partial charge < -0.3 is 9.47 Å². The Balaban J connectivity index is 2.28. The third-order valence-corrected chi connectivity index (χ3v) is 5.14. The molecule has 1 aliphatic heterocycles. The molecule has 0 radical (unpaired) electrons. The average Bonchev–Trinajstić information content (AvgIpc) is 3.00. The zero-order valence-corrected chi connectivity index (χ0v) is 17.1. The maximum atomic E-state index is 12.9. The summed E-state index contributed by atoms with van der Waals surface area (Å²) in [4.78, 5) is 28.0. The summed E-state index contributed by atoms with van der Waals surface area (Å²) < 4.78 is 10.5. The number of likely N-dealkylation sites (tertiary alicyclic amines) is 1. The van der Waals surface area contributed by atoms with Gasteiger partial charge in [0.05, 0.1) is 13.2 Å². The van der Waals surface area contributed by atoms with Crippen LogP contribution >= 0.6 is 11.8 Å². The van der Waals surface area contributed by atoms with Gasteiger partial charge in [-0.3, -0.25) is 4.90 Å². The first-order valence-corrected chi connectivity index (χ1v) is 9.74. The Morgan fingerprint density at radius 3 is 2.52 bits per heavy atom. The number of esters is 1. The van der Waals surface area contributed by atoms with E-state index in [2.05, 4.69) is 6.58 Å². The fraction of sp³-hybridized carbons (Fsp3) is 0.429. The average molecular weight is 390 g/mol. The maximum absolute atomic E-state index is 12.9. The molecule has 27 heavy (non-hydrogen) atoms. The summed E-state index contributed by atoms with van der Waals surface area (Å²) in [7, 11) is 1.31. The SMILES string of the molecule is C=C[C@]1(C(=O)OC)CC[C@H](/C=C/Sc2ccccc2)N1C(=O)OC(C)(C)C. The smallest absolute Gasteiger partial charge is 0.412 e. The van der Waals surface area contributed by atoms with Gasteiger partial charge in [-0.2, -0.15) is 0 Å². The van der Waals surface area contributed by atoms with Crippen LogP contribution in [0.3, 0.4) is 0 Å². The molecular weight excluding hydrogens is 362 g/mol. The monoisotopic (exact) mass is 389 g/mol. The van der Waals surface area contributed by atoms with Crippen molar-refractivity contribution in [3.8, 4) is 0 Å². The molecule has 5 nitrogen and oxygen atoms in total. The highest BCUT2D eigenvalue weighted by molar-refractivity contribution is 8.02. The molecule has 0 aromatic heterocycles. The largest absolute Gasteiger partial charge is 0.467 e. The number of benzene rings is 1. The van der Waals surface area contributed by atoms with Crippen LogP contribution in [0, 0.1) is 0 Å². The number of methoxy groups -OCH3 is 1. The highest BCUT2D eigenvalue weighted by Gasteiger charge is 2.53. The van der Waals surface area contributed by atoms with Crippen LogP contribution in [0.15, 0.2) is 59.4 Å². The molecule has 1 heterocycles. The van der Waals surface area contributed by atoms with Gasteiger partial charge in [0.2, 0.25) is 0 Å². The highest BCUT2D eigenvalue weighted by atomic mass is 32.2. The van der Waals surface area contributed by atoms with Crippen LogP contribution in [0.5, 0.6) is 0 Å². The van der Waals surface area contributed by atoms with Gasteiger partial charge in [-0.05, 0) is 51.2 Å². The van der Waals surface area contributed by atoms with Gasteiger partial charge in [0.1, 0.15) is 5.60 Å². The lowest BCUT2D eigenvalue weighted by Crippen LogP contribution is -2.55. The number of nitrogens with zero attached hydrogens (tertiary/aromatic N) is 1. The summed E-state index contributed by atoms with van der Waals surface area (Å²) in [6.07, 6.45) is 3.92. The van der Waals surface area contributed by atoms with Crippen LogP contribution in [0.1, 0.15) is 33.6 Å². The molecule has 1 aromatic carbocycles. The molecule has 1 saturated heterocycles. The lowest BCUT2D eigenvalue weighted by atomic mass is 9.97. The number of hydrogen-bond acceptors (Lipinski definition) is 5. The van der Waals surface area contributed by atoms with Crippen molar-refractivity contribution in [3.05, 3.63) is 54.5 Å². The summed E-state index contributed by atoms with van der Waals surface area (Å²) in [6.45, 7) is 9.19. The minimum absolute atomic E-state index is 0.284.